The summed E-state index contributed by atoms with van der Waals surface area (Å²) in [5.74, 6) is 1.07. The Balaban J connectivity index is 2.20. The molecule has 0 saturated carbocycles. The largest absolute Gasteiger partial charge is 0.358 e. The molecule has 4 heteroatoms. The van der Waals surface area contributed by atoms with E-state index in [2.05, 4.69) is 37.0 Å². The van der Waals surface area contributed by atoms with Crippen LogP contribution in [-0.2, 0) is 19.4 Å². The molecule has 1 aromatic heterocycles. The van der Waals surface area contributed by atoms with Gasteiger partial charge in [-0.3, -0.25) is 0 Å². The average molecular weight is 248 g/mol. The van der Waals surface area contributed by atoms with Crippen molar-refractivity contribution in [1.29, 1.82) is 0 Å². The van der Waals surface area contributed by atoms with Crippen LogP contribution in [0.3, 0.4) is 0 Å². The Hall–Kier alpha value is -1.13. The lowest BCUT2D eigenvalue weighted by atomic mass is 10.1. The standard InChI is InChI=1S/C14H24N4/c1-17(2)7-8-18(3)14-12(10-15)9-11-5-4-6-13(11)16-14/h9H,4-8,10,15H2,1-3H3. The van der Waals surface area contributed by atoms with Crippen molar-refractivity contribution in [3.63, 3.8) is 0 Å². The van der Waals surface area contributed by atoms with E-state index in [1.165, 1.54) is 23.2 Å². The van der Waals surface area contributed by atoms with Gasteiger partial charge in [0.15, 0.2) is 0 Å². The maximum Gasteiger partial charge on any atom is 0.133 e. The van der Waals surface area contributed by atoms with Crippen molar-refractivity contribution in [3.05, 3.63) is 22.9 Å². The lowest BCUT2D eigenvalue weighted by Gasteiger charge is -2.23. The summed E-state index contributed by atoms with van der Waals surface area (Å²) in [4.78, 5) is 9.24. The van der Waals surface area contributed by atoms with Gasteiger partial charge in [0.2, 0.25) is 0 Å². The first-order chi connectivity index (χ1) is 8.61. The van der Waals surface area contributed by atoms with Gasteiger partial charge in [0.1, 0.15) is 5.82 Å². The molecule has 18 heavy (non-hydrogen) atoms. The zero-order chi connectivity index (χ0) is 13.1. The highest BCUT2D eigenvalue weighted by atomic mass is 15.2. The number of hydrogen-bond donors (Lipinski definition) is 1. The predicted octanol–water partition coefficient (Wildman–Crippen LogP) is 1.03. The van der Waals surface area contributed by atoms with Crippen LogP contribution in [0.5, 0.6) is 0 Å². The van der Waals surface area contributed by atoms with Crippen molar-refractivity contribution >= 4 is 5.82 Å². The lowest BCUT2D eigenvalue weighted by molar-refractivity contribution is 0.416. The maximum absolute atomic E-state index is 5.86. The molecule has 1 aliphatic rings. The van der Waals surface area contributed by atoms with E-state index in [4.69, 9.17) is 10.7 Å². The van der Waals surface area contributed by atoms with Crippen LogP contribution in [0.25, 0.3) is 0 Å². The molecule has 100 valence electrons. The molecule has 1 heterocycles. The highest BCUT2D eigenvalue weighted by Gasteiger charge is 2.17. The van der Waals surface area contributed by atoms with Gasteiger partial charge >= 0.3 is 0 Å². The summed E-state index contributed by atoms with van der Waals surface area (Å²) < 4.78 is 0. The quantitative estimate of drug-likeness (QED) is 0.845. The number of likely N-dealkylation sites (N-methyl/N-ethyl adjacent to an activating group) is 2. The molecule has 4 nitrogen and oxygen atoms in total. The van der Waals surface area contributed by atoms with Crippen LogP contribution in [0, 0.1) is 0 Å². The molecule has 1 aliphatic carbocycles. The van der Waals surface area contributed by atoms with Crippen molar-refractivity contribution in [2.45, 2.75) is 25.8 Å². The van der Waals surface area contributed by atoms with E-state index in [-0.39, 0.29) is 0 Å². The minimum absolute atomic E-state index is 0.571. The maximum atomic E-state index is 5.86. The molecular formula is C14H24N4. The number of anilines is 1. The molecule has 0 amide bonds. The highest BCUT2D eigenvalue weighted by Crippen LogP contribution is 2.26. The summed E-state index contributed by atoms with van der Waals surface area (Å²) in [7, 11) is 6.29. The average Bonchev–Trinajstić information content (AvgIpc) is 2.81. The first-order valence-corrected chi connectivity index (χ1v) is 6.69. The molecule has 0 aliphatic heterocycles. The lowest BCUT2D eigenvalue weighted by Crippen LogP contribution is -2.30. The first-order valence-electron chi connectivity index (χ1n) is 6.69. The fourth-order valence-corrected chi connectivity index (χ4v) is 2.45. The van der Waals surface area contributed by atoms with E-state index in [0.29, 0.717) is 6.54 Å². The van der Waals surface area contributed by atoms with E-state index in [1.54, 1.807) is 0 Å². The fourth-order valence-electron chi connectivity index (χ4n) is 2.45. The zero-order valence-electron chi connectivity index (χ0n) is 11.7. The van der Waals surface area contributed by atoms with Gasteiger partial charge in [-0.15, -0.1) is 0 Å². The molecular weight excluding hydrogens is 224 g/mol. The monoisotopic (exact) mass is 248 g/mol. The number of nitrogens with zero attached hydrogens (tertiary/aromatic N) is 3. The number of aromatic nitrogens is 1. The molecule has 0 radical (unpaired) electrons. The molecule has 2 N–H and O–H groups in total. The molecule has 0 spiro atoms. The van der Waals surface area contributed by atoms with E-state index < -0.39 is 0 Å². The molecule has 0 atom stereocenters. The number of nitrogens with two attached hydrogens (primary N) is 1. The topological polar surface area (TPSA) is 45.4 Å². The summed E-state index contributed by atoms with van der Waals surface area (Å²) in [6.07, 6.45) is 3.52. The smallest absolute Gasteiger partial charge is 0.133 e. The van der Waals surface area contributed by atoms with Crippen LogP contribution in [0.2, 0.25) is 0 Å². The third kappa shape index (κ3) is 2.82. The number of hydrogen-bond acceptors (Lipinski definition) is 4. The van der Waals surface area contributed by atoms with Crippen LogP contribution in [0.15, 0.2) is 6.07 Å². The normalized spacial score (nSPS) is 14.1. The van der Waals surface area contributed by atoms with E-state index in [9.17, 15) is 0 Å². The van der Waals surface area contributed by atoms with E-state index in [1.807, 2.05) is 0 Å². The number of fused-ring (bicyclic) bond motifs is 1. The number of rotatable bonds is 5. The van der Waals surface area contributed by atoms with Crippen molar-refractivity contribution < 1.29 is 0 Å². The van der Waals surface area contributed by atoms with Gasteiger partial charge in [0.05, 0.1) is 0 Å². The Morgan fingerprint density at radius 1 is 1.22 bits per heavy atom. The van der Waals surface area contributed by atoms with Gasteiger partial charge in [-0.25, -0.2) is 4.98 Å². The predicted molar refractivity (Wildman–Crippen MR) is 76.0 cm³/mol. The minimum Gasteiger partial charge on any atom is -0.358 e. The van der Waals surface area contributed by atoms with E-state index in [0.717, 1.165) is 31.7 Å². The van der Waals surface area contributed by atoms with Crippen LogP contribution >= 0.6 is 0 Å². The molecule has 0 unspecified atom stereocenters. The number of pyridine rings is 1. The summed E-state index contributed by atoms with van der Waals surface area (Å²) in [5, 5.41) is 0. The second-order valence-corrected chi connectivity index (χ2v) is 5.36. The van der Waals surface area contributed by atoms with Crippen molar-refractivity contribution in [2.24, 2.45) is 5.73 Å². The molecule has 2 rings (SSSR count). The van der Waals surface area contributed by atoms with Crippen LogP contribution in [0.1, 0.15) is 23.2 Å². The molecule has 0 saturated heterocycles. The fraction of sp³-hybridized carbons (Fsp3) is 0.643. The highest BCUT2D eigenvalue weighted by molar-refractivity contribution is 5.50. The first kappa shape index (κ1) is 13.3. The minimum atomic E-state index is 0.571. The Bertz CT molecular complexity index is 415. The molecule has 0 aromatic carbocycles. The summed E-state index contributed by atoms with van der Waals surface area (Å²) in [6.45, 7) is 2.58. The SMILES string of the molecule is CN(C)CCN(C)c1nc2c(cc1CN)CCC2. The zero-order valence-corrected chi connectivity index (χ0v) is 11.7. The van der Waals surface area contributed by atoms with Gasteiger partial charge in [0, 0.05) is 37.9 Å². The van der Waals surface area contributed by atoms with E-state index >= 15 is 0 Å². The van der Waals surface area contributed by atoms with Crippen LogP contribution < -0.4 is 10.6 Å². The third-order valence-corrected chi connectivity index (χ3v) is 3.57. The van der Waals surface area contributed by atoms with Crippen LogP contribution in [0.4, 0.5) is 5.82 Å². The Morgan fingerprint density at radius 2 is 2.00 bits per heavy atom. The molecule has 0 bridgehead atoms. The summed E-state index contributed by atoms with van der Waals surface area (Å²) >= 11 is 0. The Kier molecular flexibility index (Phi) is 4.19. The van der Waals surface area contributed by atoms with Gasteiger partial charge in [-0.1, -0.05) is 0 Å². The van der Waals surface area contributed by atoms with Crippen molar-refractivity contribution in [3.8, 4) is 0 Å². The van der Waals surface area contributed by atoms with Crippen molar-refractivity contribution in [2.75, 3.05) is 39.1 Å². The second kappa shape index (κ2) is 5.67. The van der Waals surface area contributed by atoms with Gasteiger partial charge < -0.3 is 15.5 Å². The van der Waals surface area contributed by atoms with Crippen LogP contribution in [-0.4, -0.2) is 44.1 Å². The van der Waals surface area contributed by atoms with Gasteiger partial charge in [-0.2, -0.15) is 0 Å². The number of aryl methyl sites for hydroxylation is 2. The summed E-state index contributed by atoms with van der Waals surface area (Å²) in [5.41, 5.74) is 9.72. The molecule has 0 fully saturated rings. The van der Waals surface area contributed by atoms with Gasteiger partial charge in [-0.05, 0) is 45.0 Å². The second-order valence-electron chi connectivity index (χ2n) is 5.36. The van der Waals surface area contributed by atoms with Gasteiger partial charge in [0.25, 0.3) is 0 Å². The Labute approximate surface area is 110 Å². The summed E-state index contributed by atoms with van der Waals surface area (Å²) in [6, 6.07) is 2.26. The van der Waals surface area contributed by atoms with Crippen molar-refractivity contribution in [1.82, 2.24) is 9.88 Å². The molecule has 1 aromatic rings. The third-order valence-electron chi connectivity index (χ3n) is 3.57. The Morgan fingerprint density at radius 3 is 2.67 bits per heavy atom.